The Kier molecular flexibility index (Phi) is 3.99. The molecule has 1 aromatic rings. The van der Waals surface area contributed by atoms with Crippen LogP contribution in [-0.4, -0.2) is 24.0 Å². The van der Waals surface area contributed by atoms with Crippen LogP contribution in [0.3, 0.4) is 0 Å². The first-order valence-corrected chi connectivity index (χ1v) is 4.93. The number of anilines is 1. The maximum atomic E-state index is 10.8. The molecule has 1 rings (SSSR count). The average molecular weight is 226 g/mol. The van der Waals surface area contributed by atoms with Gasteiger partial charge in [-0.15, -0.1) is 0 Å². The van der Waals surface area contributed by atoms with Gasteiger partial charge in [-0.3, -0.25) is 4.79 Å². The quantitative estimate of drug-likeness (QED) is 0.623. The molecule has 5 nitrogen and oxygen atoms in total. The van der Waals surface area contributed by atoms with E-state index in [4.69, 9.17) is 0 Å². The van der Waals surface area contributed by atoms with E-state index in [0.717, 1.165) is 4.88 Å². The molecule has 0 fully saturated rings. The Morgan fingerprint density at radius 1 is 1.60 bits per heavy atom. The second-order valence-electron chi connectivity index (χ2n) is 2.61. The molecule has 0 radical (unpaired) electrons. The van der Waals surface area contributed by atoms with E-state index < -0.39 is 5.97 Å². The Balaban J connectivity index is 2.64. The van der Waals surface area contributed by atoms with Crippen molar-refractivity contribution in [2.24, 2.45) is 0 Å². The highest BCUT2D eigenvalue weighted by molar-refractivity contribution is 7.16. The van der Waals surface area contributed by atoms with Crippen molar-refractivity contribution in [1.29, 1.82) is 0 Å². The summed E-state index contributed by atoms with van der Waals surface area (Å²) in [6.45, 7) is 1.41. The van der Waals surface area contributed by atoms with Crippen molar-refractivity contribution in [3.05, 3.63) is 17.2 Å². The number of rotatable bonds is 3. The maximum absolute atomic E-state index is 10.8. The highest BCUT2D eigenvalue weighted by atomic mass is 32.1. The first kappa shape index (κ1) is 11.4. The molecule has 15 heavy (non-hydrogen) atoms. The summed E-state index contributed by atoms with van der Waals surface area (Å²) in [5.41, 5.74) is 0. The van der Waals surface area contributed by atoms with Crippen LogP contribution < -0.4 is 5.32 Å². The topological polar surface area (TPSA) is 68.3 Å². The molecule has 6 heteroatoms. The molecule has 1 heterocycles. The third kappa shape index (κ3) is 3.90. The number of aromatic nitrogens is 1. The molecule has 0 bridgehead atoms. The van der Waals surface area contributed by atoms with E-state index >= 15 is 0 Å². The zero-order valence-corrected chi connectivity index (χ0v) is 9.13. The minimum Gasteiger partial charge on any atom is -0.466 e. The summed E-state index contributed by atoms with van der Waals surface area (Å²) < 4.78 is 4.43. The van der Waals surface area contributed by atoms with Crippen molar-refractivity contribution in [2.45, 2.75) is 6.92 Å². The Bertz CT molecular complexity index is 398. The minimum atomic E-state index is -0.426. The largest absolute Gasteiger partial charge is 0.466 e. The molecule has 0 aliphatic heterocycles. The molecular weight excluding hydrogens is 216 g/mol. The molecule has 1 N–H and O–H groups in total. The molecule has 0 aliphatic rings. The number of hydrogen-bond donors (Lipinski definition) is 1. The van der Waals surface area contributed by atoms with Gasteiger partial charge >= 0.3 is 5.97 Å². The summed E-state index contributed by atoms with van der Waals surface area (Å²) in [5, 5.41) is 3.05. The molecule has 0 aromatic carbocycles. The van der Waals surface area contributed by atoms with E-state index in [-0.39, 0.29) is 5.91 Å². The first-order valence-electron chi connectivity index (χ1n) is 4.11. The Morgan fingerprint density at radius 3 is 2.93 bits per heavy atom. The van der Waals surface area contributed by atoms with Gasteiger partial charge in [0.05, 0.1) is 7.11 Å². The molecule has 0 saturated carbocycles. The number of esters is 1. The molecular formula is C9H10N2O3S. The number of ether oxygens (including phenoxy) is 1. The first-order chi connectivity index (χ1) is 7.11. The third-order valence-corrected chi connectivity index (χ3v) is 2.27. The summed E-state index contributed by atoms with van der Waals surface area (Å²) in [5.74, 6) is -0.600. The van der Waals surface area contributed by atoms with E-state index in [0.29, 0.717) is 5.13 Å². The van der Waals surface area contributed by atoms with Crippen LogP contribution in [0, 0.1) is 0 Å². The number of nitrogens with zero attached hydrogens (tertiary/aromatic N) is 1. The molecule has 0 unspecified atom stereocenters. The van der Waals surface area contributed by atoms with Crippen LogP contribution in [0.2, 0.25) is 0 Å². The number of nitrogens with one attached hydrogen (secondary N) is 1. The zero-order chi connectivity index (χ0) is 11.3. The van der Waals surface area contributed by atoms with Crippen molar-refractivity contribution in [1.82, 2.24) is 4.98 Å². The predicted octanol–water partition coefficient (Wildman–Crippen LogP) is 1.29. The van der Waals surface area contributed by atoms with Crippen LogP contribution in [0.15, 0.2) is 12.3 Å². The second kappa shape index (κ2) is 5.26. The van der Waals surface area contributed by atoms with Gasteiger partial charge in [0.1, 0.15) is 0 Å². The predicted molar refractivity (Wildman–Crippen MR) is 57.5 cm³/mol. The molecule has 1 aromatic heterocycles. The van der Waals surface area contributed by atoms with Crippen molar-refractivity contribution >= 4 is 34.4 Å². The summed E-state index contributed by atoms with van der Waals surface area (Å²) in [7, 11) is 1.31. The lowest BCUT2D eigenvalue weighted by atomic mass is 10.4. The van der Waals surface area contributed by atoms with Gasteiger partial charge in [-0.05, 0) is 6.08 Å². The van der Waals surface area contributed by atoms with Crippen LogP contribution in [0.5, 0.6) is 0 Å². The van der Waals surface area contributed by atoms with Gasteiger partial charge in [0.15, 0.2) is 5.13 Å². The van der Waals surface area contributed by atoms with Crippen LogP contribution in [0.1, 0.15) is 11.8 Å². The van der Waals surface area contributed by atoms with Gasteiger partial charge in [0.25, 0.3) is 0 Å². The van der Waals surface area contributed by atoms with E-state index in [9.17, 15) is 9.59 Å². The standard InChI is InChI=1S/C9H10N2O3S/c1-6(12)11-9-10-5-7(15-9)3-4-8(13)14-2/h3-5H,1-2H3,(H,10,11,12)/b4-3-. The smallest absolute Gasteiger partial charge is 0.330 e. The normalized spacial score (nSPS) is 10.3. The Hall–Kier alpha value is -1.69. The zero-order valence-electron chi connectivity index (χ0n) is 8.31. The van der Waals surface area contributed by atoms with Crippen LogP contribution in [0.25, 0.3) is 6.08 Å². The van der Waals surface area contributed by atoms with Gasteiger partial charge in [-0.1, -0.05) is 11.3 Å². The van der Waals surface area contributed by atoms with E-state index in [2.05, 4.69) is 15.0 Å². The number of hydrogen-bond acceptors (Lipinski definition) is 5. The van der Waals surface area contributed by atoms with Crippen molar-refractivity contribution in [2.75, 3.05) is 12.4 Å². The monoisotopic (exact) mass is 226 g/mol. The van der Waals surface area contributed by atoms with Gasteiger partial charge in [-0.25, -0.2) is 9.78 Å². The van der Waals surface area contributed by atoms with E-state index in [1.165, 1.54) is 31.4 Å². The summed E-state index contributed by atoms with van der Waals surface area (Å²) in [4.78, 5) is 26.2. The van der Waals surface area contributed by atoms with Gasteiger partial charge in [0, 0.05) is 24.1 Å². The van der Waals surface area contributed by atoms with E-state index in [1.54, 1.807) is 12.3 Å². The maximum Gasteiger partial charge on any atom is 0.330 e. The fraction of sp³-hybridized carbons (Fsp3) is 0.222. The lowest BCUT2D eigenvalue weighted by Gasteiger charge is -1.91. The Morgan fingerprint density at radius 2 is 2.33 bits per heavy atom. The number of carbonyl (C=O) groups excluding carboxylic acids is 2. The van der Waals surface area contributed by atoms with Crippen molar-refractivity contribution in [3.8, 4) is 0 Å². The van der Waals surface area contributed by atoms with Crippen LogP contribution >= 0.6 is 11.3 Å². The van der Waals surface area contributed by atoms with Crippen LogP contribution in [0.4, 0.5) is 5.13 Å². The van der Waals surface area contributed by atoms with Gasteiger partial charge in [-0.2, -0.15) is 0 Å². The number of carbonyl (C=O) groups is 2. The molecule has 0 aliphatic carbocycles. The summed E-state index contributed by atoms with van der Waals surface area (Å²) in [6, 6.07) is 0. The molecule has 80 valence electrons. The third-order valence-electron chi connectivity index (χ3n) is 1.39. The Labute approximate surface area is 90.8 Å². The molecule has 0 atom stereocenters. The average Bonchev–Trinajstić information content (AvgIpc) is 2.61. The minimum absolute atomic E-state index is 0.173. The fourth-order valence-electron chi connectivity index (χ4n) is 0.790. The number of amides is 1. The molecule has 1 amide bonds. The number of thiazole rings is 1. The van der Waals surface area contributed by atoms with E-state index in [1.807, 2.05) is 0 Å². The lowest BCUT2D eigenvalue weighted by Crippen LogP contribution is -2.04. The van der Waals surface area contributed by atoms with Crippen molar-refractivity contribution < 1.29 is 14.3 Å². The lowest BCUT2D eigenvalue weighted by molar-refractivity contribution is -0.134. The second-order valence-corrected chi connectivity index (χ2v) is 3.67. The highest BCUT2D eigenvalue weighted by Crippen LogP contribution is 2.19. The molecule has 0 saturated heterocycles. The highest BCUT2D eigenvalue weighted by Gasteiger charge is 2.01. The van der Waals surface area contributed by atoms with Gasteiger partial charge in [0.2, 0.25) is 5.91 Å². The summed E-state index contributed by atoms with van der Waals surface area (Å²) >= 11 is 1.28. The summed E-state index contributed by atoms with van der Waals surface area (Å²) in [6.07, 6.45) is 4.44. The SMILES string of the molecule is COC(=O)/C=C\c1cnc(NC(C)=O)s1. The molecule has 0 spiro atoms. The van der Waals surface area contributed by atoms with Crippen LogP contribution in [-0.2, 0) is 14.3 Å². The number of methoxy groups -OCH3 is 1. The van der Waals surface area contributed by atoms with Gasteiger partial charge < -0.3 is 10.1 Å². The van der Waals surface area contributed by atoms with Crippen molar-refractivity contribution in [3.63, 3.8) is 0 Å². The fourth-order valence-corrected chi connectivity index (χ4v) is 1.56.